The van der Waals surface area contributed by atoms with E-state index >= 15 is 0 Å². The third kappa shape index (κ3) is 3.73. The number of hydrogen-bond acceptors (Lipinski definition) is 5. The zero-order valence-corrected chi connectivity index (χ0v) is 16.2. The fourth-order valence-corrected chi connectivity index (χ4v) is 4.29. The number of hydrogen-bond donors (Lipinski definition) is 3. The van der Waals surface area contributed by atoms with Gasteiger partial charge in [-0.05, 0) is 42.9 Å². The van der Waals surface area contributed by atoms with E-state index in [0.29, 0.717) is 22.0 Å². The number of halogens is 3. The molecule has 9 heteroatoms. The Morgan fingerprint density at radius 1 is 1.37 bits per heavy atom. The molecule has 3 atom stereocenters. The summed E-state index contributed by atoms with van der Waals surface area (Å²) in [6, 6.07) is 7.84. The average molecular weight is 417 g/mol. The van der Waals surface area contributed by atoms with Gasteiger partial charge in [0.1, 0.15) is 6.07 Å². The molecule has 6 nitrogen and oxygen atoms in total. The highest BCUT2D eigenvalue weighted by molar-refractivity contribution is 5.89. The Morgan fingerprint density at radius 3 is 2.80 bits per heavy atom. The maximum Gasteiger partial charge on any atom is 0.393 e. The molecule has 30 heavy (non-hydrogen) atoms. The number of alkyl halides is 3. The van der Waals surface area contributed by atoms with E-state index in [0.717, 1.165) is 12.8 Å². The van der Waals surface area contributed by atoms with Gasteiger partial charge >= 0.3 is 6.18 Å². The highest BCUT2D eigenvalue weighted by Crippen LogP contribution is 2.42. The molecule has 0 spiro atoms. The summed E-state index contributed by atoms with van der Waals surface area (Å²) in [5.74, 6) is -2.02. The van der Waals surface area contributed by atoms with E-state index in [1.807, 2.05) is 0 Å². The van der Waals surface area contributed by atoms with Gasteiger partial charge in [0.25, 0.3) is 0 Å². The average Bonchev–Trinajstić information content (AvgIpc) is 3.57. The number of nitrogens with two attached hydrogens (primary N) is 1. The first kappa shape index (κ1) is 20.6. The second kappa shape index (κ2) is 7.52. The molecule has 2 fully saturated rings. The van der Waals surface area contributed by atoms with Crippen LogP contribution in [-0.2, 0) is 10.3 Å². The first-order valence-corrected chi connectivity index (χ1v) is 9.88. The summed E-state index contributed by atoms with van der Waals surface area (Å²) < 4.78 is 40.9. The van der Waals surface area contributed by atoms with E-state index in [4.69, 9.17) is 5.73 Å². The van der Waals surface area contributed by atoms with Gasteiger partial charge < -0.3 is 16.4 Å². The zero-order chi connectivity index (χ0) is 21.5. The van der Waals surface area contributed by atoms with Crippen LogP contribution < -0.4 is 16.4 Å². The van der Waals surface area contributed by atoms with E-state index in [9.17, 15) is 23.2 Å². The lowest BCUT2D eigenvalue weighted by atomic mass is 9.76. The van der Waals surface area contributed by atoms with Crippen molar-refractivity contribution in [3.8, 4) is 6.07 Å². The molecule has 2 heterocycles. The Hall–Kier alpha value is -2.70. The minimum atomic E-state index is -4.41. The molecule has 0 unspecified atom stereocenters. The van der Waals surface area contributed by atoms with E-state index in [1.165, 1.54) is 12.3 Å². The molecule has 1 aliphatic heterocycles. The molecule has 0 radical (unpaired) electrons. The van der Waals surface area contributed by atoms with Gasteiger partial charge in [-0.3, -0.25) is 9.78 Å². The molecule has 0 bridgehead atoms. The van der Waals surface area contributed by atoms with Crippen LogP contribution in [-0.4, -0.2) is 36.2 Å². The van der Waals surface area contributed by atoms with Crippen molar-refractivity contribution in [2.45, 2.75) is 37.0 Å². The third-order valence-corrected chi connectivity index (χ3v) is 6.08. The number of pyridine rings is 1. The van der Waals surface area contributed by atoms with Crippen molar-refractivity contribution in [2.75, 3.05) is 13.1 Å². The molecule has 1 aliphatic carbocycles. The van der Waals surface area contributed by atoms with Gasteiger partial charge in [0.05, 0.1) is 28.6 Å². The number of aromatic nitrogens is 1. The molecule has 4 rings (SSSR count). The molecule has 2 aromatic rings. The van der Waals surface area contributed by atoms with Gasteiger partial charge in [-0.2, -0.15) is 18.4 Å². The minimum absolute atomic E-state index is 0.0661. The highest BCUT2D eigenvalue weighted by Gasteiger charge is 2.50. The predicted molar refractivity (Wildman–Crippen MR) is 104 cm³/mol. The van der Waals surface area contributed by atoms with Crippen molar-refractivity contribution in [3.63, 3.8) is 0 Å². The summed E-state index contributed by atoms with van der Waals surface area (Å²) in [5.41, 5.74) is 5.94. The van der Waals surface area contributed by atoms with Gasteiger partial charge in [0.15, 0.2) is 0 Å². The lowest BCUT2D eigenvalue weighted by Gasteiger charge is -2.44. The van der Waals surface area contributed by atoms with Gasteiger partial charge in [-0.1, -0.05) is 12.1 Å². The van der Waals surface area contributed by atoms with Crippen molar-refractivity contribution < 1.29 is 18.0 Å². The second-order valence-electron chi connectivity index (χ2n) is 8.18. The van der Waals surface area contributed by atoms with Crippen LogP contribution in [0.15, 0.2) is 30.5 Å². The van der Waals surface area contributed by atoms with Crippen molar-refractivity contribution in [1.82, 2.24) is 15.6 Å². The number of rotatable bonds is 4. The maximum absolute atomic E-state index is 13.6. The molecule has 4 N–H and O–H groups in total. The van der Waals surface area contributed by atoms with Gasteiger partial charge in [0, 0.05) is 24.7 Å². The highest BCUT2D eigenvalue weighted by atomic mass is 19.4. The number of piperidine rings is 1. The monoisotopic (exact) mass is 417 g/mol. The van der Waals surface area contributed by atoms with Crippen LogP contribution in [0.1, 0.15) is 30.4 Å². The third-order valence-electron chi connectivity index (χ3n) is 6.08. The first-order valence-electron chi connectivity index (χ1n) is 9.88. The quantitative estimate of drug-likeness (QED) is 0.708. The number of amides is 1. The Morgan fingerprint density at radius 2 is 2.13 bits per heavy atom. The number of carbonyl (C=O) groups is 1. The van der Waals surface area contributed by atoms with Crippen molar-refractivity contribution in [2.24, 2.45) is 17.6 Å². The van der Waals surface area contributed by atoms with Crippen molar-refractivity contribution >= 4 is 16.8 Å². The number of benzene rings is 1. The van der Waals surface area contributed by atoms with Gasteiger partial charge in [-0.25, -0.2) is 0 Å². The van der Waals surface area contributed by atoms with Gasteiger partial charge in [-0.15, -0.1) is 0 Å². The minimum Gasteiger partial charge on any atom is -0.344 e. The van der Waals surface area contributed by atoms with Crippen LogP contribution in [0.2, 0.25) is 0 Å². The molecule has 1 saturated carbocycles. The van der Waals surface area contributed by atoms with Crippen LogP contribution in [0.3, 0.4) is 0 Å². The topological polar surface area (TPSA) is 104 Å². The van der Waals surface area contributed by atoms with E-state index < -0.39 is 29.6 Å². The fourth-order valence-electron chi connectivity index (χ4n) is 4.29. The van der Waals surface area contributed by atoms with Crippen molar-refractivity contribution in [3.05, 3.63) is 41.6 Å². The Bertz CT molecular complexity index is 1010. The summed E-state index contributed by atoms with van der Waals surface area (Å²) in [4.78, 5) is 17.1. The summed E-state index contributed by atoms with van der Waals surface area (Å²) in [5, 5.41) is 15.7. The van der Waals surface area contributed by atoms with Crippen LogP contribution in [0.5, 0.6) is 0 Å². The Labute approximate surface area is 171 Å². The summed E-state index contributed by atoms with van der Waals surface area (Å²) >= 11 is 0. The molecule has 158 valence electrons. The first-order chi connectivity index (χ1) is 14.2. The normalized spacial score (nSPS) is 25.5. The summed E-state index contributed by atoms with van der Waals surface area (Å²) in [6.07, 6.45) is -1.52. The van der Waals surface area contributed by atoms with Crippen LogP contribution in [0, 0.1) is 23.2 Å². The molecular weight excluding hydrogens is 395 g/mol. The smallest absolute Gasteiger partial charge is 0.344 e. The fraction of sp³-hybridized carbons (Fsp3) is 0.476. The molecular formula is C21H22F3N5O. The number of nitrogens with one attached hydrogen (secondary N) is 2. The number of nitrogens with zero attached hydrogens (tertiary/aromatic N) is 2. The van der Waals surface area contributed by atoms with Crippen LogP contribution in [0.4, 0.5) is 13.2 Å². The van der Waals surface area contributed by atoms with Crippen LogP contribution in [0.25, 0.3) is 10.9 Å². The Kier molecular flexibility index (Phi) is 5.16. The molecule has 1 aromatic carbocycles. The van der Waals surface area contributed by atoms with Crippen LogP contribution >= 0.6 is 0 Å². The number of carbonyl (C=O) groups excluding carboxylic acids is 1. The zero-order valence-electron chi connectivity index (χ0n) is 16.2. The second-order valence-corrected chi connectivity index (χ2v) is 8.18. The SMILES string of the molecule is N#Cc1ccc([C@@]2(NC(=O)[C@H](N)C3CC3)CNC[C@@H](C(F)(F)F)C2)c2cccnc12. The maximum atomic E-state index is 13.6. The molecule has 1 saturated heterocycles. The lowest BCUT2D eigenvalue weighted by Crippen LogP contribution is -2.62. The van der Waals surface area contributed by atoms with E-state index in [2.05, 4.69) is 21.7 Å². The number of fused-ring (bicyclic) bond motifs is 1. The summed E-state index contributed by atoms with van der Waals surface area (Å²) in [6.45, 7) is -0.0964. The largest absolute Gasteiger partial charge is 0.393 e. The molecule has 2 aliphatic rings. The predicted octanol–water partition coefficient (Wildman–Crippen LogP) is 2.33. The van der Waals surface area contributed by atoms with E-state index in [-0.39, 0.29) is 25.4 Å². The summed E-state index contributed by atoms with van der Waals surface area (Å²) in [7, 11) is 0. The Balaban J connectivity index is 1.83. The molecule has 1 amide bonds. The van der Waals surface area contributed by atoms with Crippen molar-refractivity contribution in [1.29, 1.82) is 5.26 Å². The standard InChI is InChI=1S/C21H22F3N5O/c22-21(23,24)14-8-20(11-27-10-14,29-19(30)17(26)12-3-4-12)16-6-5-13(9-25)18-15(16)2-1-7-28-18/h1-2,5-7,12,14,17,27H,3-4,8,10-11,26H2,(H,29,30)/t14-,17+,20-/m0/s1. The van der Waals surface area contributed by atoms with E-state index in [1.54, 1.807) is 18.2 Å². The number of nitriles is 1. The molecule has 1 aromatic heterocycles. The van der Waals surface area contributed by atoms with Gasteiger partial charge in [0.2, 0.25) is 5.91 Å². The lowest BCUT2D eigenvalue weighted by molar-refractivity contribution is -0.185.